The molecule has 27 heavy (non-hydrogen) atoms. The third kappa shape index (κ3) is 5.07. The lowest BCUT2D eigenvalue weighted by molar-refractivity contribution is 0.230. The number of phenolic OH excluding ortho intramolecular Hbond substituents is 1. The number of nitrogens with zero attached hydrogens (tertiary/aromatic N) is 2. The van der Waals surface area contributed by atoms with E-state index in [0.29, 0.717) is 22.3 Å². The molecule has 0 unspecified atom stereocenters. The normalized spacial score (nSPS) is 12.1. The molecule has 0 spiro atoms. The minimum absolute atomic E-state index is 0.0186. The first kappa shape index (κ1) is 20.9. The van der Waals surface area contributed by atoms with Gasteiger partial charge in [0.1, 0.15) is 5.82 Å². The average molecular weight is 393 g/mol. The lowest BCUT2D eigenvalue weighted by atomic mass is 10.1. The summed E-state index contributed by atoms with van der Waals surface area (Å²) in [5.41, 5.74) is 1.10. The average Bonchev–Trinajstić information content (AvgIpc) is 2.65. The maximum Gasteiger partial charge on any atom is 0.363 e. The van der Waals surface area contributed by atoms with Crippen molar-refractivity contribution in [2.45, 2.75) is 20.8 Å². The molecule has 0 aliphatic rings. The van der Waals surface area contributed by atoms with Crippen LogP contribution in [0.25, 0.3) is 5.31 Å². The Balaban J connectivity index is 2.58. The van der Waals surface area contributed by atoms with E-state index in [1.54, 1.807) is 39.1 Å². The molecule has 2 N–H and O–H groups in total. The van der Waals surface area contributed by atoms with Crippen molar-refractivity contribution in [3.05, 3.63) is 48.1 Å². The Labute approximate surface area is 158 Å². The lowest BCUT2D eigenvalue weighted by Crippen LogP contribution is -2.02. The lowest BCUT2D eigenvalue weighted by Gasteiger charge is -2.21. The number of phenols is 1. The highest BCUT2D eigenvalue weighted by molar-refractivity contribution is 7.65. The molecule has 0 saturated carbocycles. The molecule has 0 radical (unpaired) electrons. The van der Waals surface area contributed by atoms with E-state index < -0.39 is 7.60 Å². The molecule has 9 heteroatoms. The molecule has 1 aromatic carbocycles. The number of aryl methyl sites for hydroxylation is 1. The van der Waals surface area contributed by atoms with E-state index in [9.17, 15) is 9.67 Å². The van der Waals surface area contributed by atoms with Crippen LogP contribution >= 0.6 is 7.60 Å². The van der Waals surface area contributed by atoms with Gasteiger partial charge in [0, 0.05) is 18.6 Å². The van der Waals surface area contributed by atoms with E-state index >= 15 is 0 Å². The van der Waals surface area contributed by atoms with Gasteiger partial charge in [-0.25, -0.2) is 4.98 Å². The van der Waals surface area contributed by atoms with Gasteiger partial charge in [-0.3, -0.25) is 9.55 Å². The fourth-order valence-corrected chi connectivity index (χ4v) is 4.10. The van der Waals surface area contributed by atoms with Gasteiger partial charge in [0.25, 0.3) is 0 Å². The number of hydrogen-bond acceptors (Lipinski definition) is 8. The fraction of sp³-hybridized carbons (Fsp3) is 0.333. The topological polar surface area (TPSA) is 103 Å². The van der Waals surface area contributed by atoms with Crippen molar-refractivity contribution < 1.29 is 23.5 Å². The Morgan fingerprint density at radius 3 is 2.52 bits per heavy atom. The summed E-state index contributed by atoms with van der Waals surface area (Å²) in [5, 5.41) is 13.4. The number of benzene rings is 1. The van der Waals surface area contributed by atoms with Crippen LogP contribution in [0.3, 0.4) is 0 Å². The maximum absolute atomic E-state index is 13.4. The van der Waals surface area contributed by atoms with E-state index in [1.807, 2.05) is 0 Å². The summed E-state index contributed by atoms with van der Waals surface area (Å²) in [6.45, 7) is 5.60. The van der Waals surface area contributed by atoms with Crippen molar-refractivity contribution in [1.29, 1.82) is 0 Å². The van der Waals surface area contributed by atoms with Crippen LogP contribution in [0.1, 0.15) is 25.0 Å². The fourth-order valence-electron chi connectivity index (χ4n) is 2.40. The molecule has 0 bridgehead atoms. The van der Waals surface area contributed by atoms with E-state index in [0.717, 1.165) is 0 Å². The van der Waals surface area contributed by atoms with Crippen molar-refractivity contribution in [1.82, 2.24) is 9.97 Å². The molecule has 8 nitrogen and oxygen atoms in total. The summed E-state index contributed by atoms with van der Waals surface area (Å²) < 4.78 is 29.7. The standard InChI is InChI=1S/C18H24N3O5P/c1-5-25-27(23,26-6-2)16(11-21-17-12-19-7-8-20-17)14-9-13(3)18(22)15(10-14)24-4/h7-12,22H,5-6H2,1-4H3,(H,20,21)/b16-11-. The Morgan fingerprint density at radius 2 is 1.96 bits per heavy atom. The Hall–Kier alpha value is -2.41. The van der Waals surface area contributed by atoms with Crippen LogP contribution in [0.5, 0.6) is 11.5 Å². The van der Waals surface area contributed by atoms with Crippen LogP contribution in [0.2, 0.25) is 0 Å². The number of nitrogens with one attached hydrogen (secondary N) is 1. The highest BCUT2D eigenvalue weighted by atomic mass is 31.2. The Morgan fingerprint density at radius 1 is 1.26 bits per heavy atom. The zero-order chi connectivity index (χ0) is 19.9. The number of rotatable bonds is 9. The second-order valence-electron chi connectivity index (χ2n) is 5.44. The molecule has 2 aromatic rings. The highest BCUT2D eigenvalue weighted by Gasteiger charge is 2.32. The zero-order valence-corrected chi connectivity index (χ0v) is 16.7. The van der Waals surface area contributed by atoms with Gasteiger partial charge in [-0.05, 0) is 44.0 Å². The van der Waals surface area contributed by atoms with Crippen LogP contribution in [0, 0.1) is 6.92 Å². The van der Waals surface area contributed by atoms with E-state index in [-0.39, 0.29) is 24.7 Å². The number of methoxy groups -OCH3 is 1. The van der Waals surface area contributed by atoms with Crippen molar-refractivity contribution in [3.63, 3.8) is 0 Å². The summed E-state index contributed by atoms with van der Waals surface area (Å²) in [6, 6.07) is 3.27. The molecular weight excluding hydrogens is 369 g/mol. The quantitative estimate of drug-likeness (QED) is 0.612. The summed E-state index contributed by atoms with van der Waals surface area (Å²) in [5.74, 6) is 0.747. The predicted molar refractivity (Wildman–Crippen MR) is 104 cm³/mol. The molecule has 0 aliphatic heterocycles. The van der Waals surface area contributed by atoms with Crippen LogP contribution in [0.15, 0.2) is 36.9 Å². The molecule has 0 aliphatic carbocycles. The number of aromatic nitrogens is 2. The first-order valence-electron chi connectivity index (χ1n) is 8.45. The summed E-state index contributed by atoms with van der Waals surface area (Å²) in [6.07, 6.45) is 6.13. The minimum Gasteiger partial charge on any atom is -0.504 e. The monoisotopic (exact) mass is 393 g/mol. The highest BCUT2D eigenvalue weighted by Crippen LogP contribution is 2.61. The van der Waals surface area contributed by atoms with Gasteiger partial charge in [0.15, 0.2) is 11.5 Å². The van der Waals surface area contributed by atoms with Crippen LogP contribution in [-0.2, 0) is 13.6 Å². The van der Waals surface area contributed by atoms with Crippen molar-refractivity contribution in [3.8, 4) is 11.5 Å². The smallest absolute Gasteiger partial charge is 0.363 e. The number of anilines is 1. The van der Waals surface area contributed by atoms with Gasteiger partial charge in [-0.15, -0.1) is 0 Å². The predicted octanol–water partition coefficient (Wildman–Crippen LogP) is 4.18. The van der Waals surface area contributed by atoms with Gasteiger partial charge in [0.05, 0.1) is 31.8 Å². The molecule has 1 heterocycles. The first-order valence-corrected chi connectivity index (χ1v) is 9.99. The van der Waals surface area contributed by atoms with Crippen molar-refractivity contribution in [2.75, 3.05) is 25.6 Å². The molecule has 0 amide bonds. The number of hydrogen-bond donors (Lipinski definition) is 2. The Bertz CT molecular complexity index is 832. The van der Waals surface area contributed by atoms with Gasteiger partial charge < -0.3 is 24.2 Å². The van der Waals surface area contributed by atoms with Gasteiger partial charge in [0.2, 0.25) is 0 Å². The molecule has 146 valence electrons. The molecular formula is C18H24N3O5P. The molecule has 0 saturated heterocycles. The largest absolute Gasteiger partial charge is 0.504 e. The van der Waals surface area contributed by atoms with Gasteiger partial charge >= 0.3 is 7.60 Å². The van der Waals surface area contributed by atoms with E-state index in [1.165, 1.54) is 25.7 Å². The Kier molecular flexibility index (Phi) is 7.36. The molecule has 0 fully saturated rings. The van der Waals surface area contributed by atoms with Crippen LogP contribution in [-0.4, -0.2) is 35.4 Å². The number of aromatic hydroxyl groups is 1. The minimum atomic E-state index is -3.64. The molecule has 0 atom stereocenters. The van der Waals surface area contributed by atoms with Crippen LogP contribution in [0.4, 0.5) is 5.82 Å². The van der Waals surface area contributed by atoms with E-state index in [2.05, 4.69) is 15.3 Å². The second kappa shape index (κ2) is 9.50. The molecule has 2 rings (SSSR count). The van der Waals surface area contributed by atoms with Crippen molar-refractivity contribution >= 4 is 18.7 Å². The second-order valence-corrected chi connectivity index (χ2v) is 7.43. The summed E-state index contributed by atoms with van der Waals surface area (Å²) in [4.78, 5) is 8.11. The number of ether oxygens (including phenoxy) is 1. The van der Waals surface area contributed by atoms with E-state index in [4.69, 9.17) is 13.8 Å². The SMILES string of the molecule is CCOP(=O)(OCC)/C(=C\Nc1cnccn1)c1cc(C)c(O)c(OC)c1. The summed E-state index contributed by atoms with van der Waals surface area (Å²) >= 11 is 0. The third-order valence-electron chi connectivity index (χ3n) is 3.59. The zero-order valence-electron chi connectivity index (χ0n) is 15.8. The summed E-state index contributed by atoms with van der Waals surface area (Å²) in [7, 11) is -2.19. The van der Waals surface area contributed by atoms with Gasteiger partial charge in [-0.1, -0.05) is 0 Å². The van der Waals surface area contributed by atoms with Gasteiger partial charge in [-0.2, -0.15) is 0 Å². The molecule has 1 aromatic heterocycles. The first-order chi connectivity index (χ1) is 12.9. The maximum atomic E-state index is 13.4. The van der Waals surface area contributed by atoms with Crippen LogP contribution < -0.4 is 10.1 Å². The van der Waals surface area contributed by atoms with Crippen molar-refractivity contribution in [2.24, 2.45) is 0 Å². The third-order valence-corrected chi connectivity index (χ3v) is 5.77.